The van der Waals surface area contributed by atoms with Gasteiger partial charge in [-0.05, 0) is 151 Å². The highest BCUT2D eigenvalue weighted by Gasteiger charge is 2.44. The molecule has 0 fully saturated rings. The molecule has 0 saturated heterocycles. The molecule has 11 rings (SSSR count). The summed E-state index contributed by atoms with van der Waals surface area (Å²) in [4.78, 5) is 8.94. The predicted octanol–water partition coefficient (Wildman–Crippen LogP) is 16.5. The van der Waals surface area contributed by atoms with Gasteiger partial charge in [-0.25, -0.2) is 10.0 Å². The molecule has 0 atom stereocenters. The summed E-state index contributed by atoms with van der Waals surface area (Å²) < 4.78 is 6.34. The number of furan rings is 1. The maximum Gasteiger partial charge on any atom is 0.252 e. The van der Waals surface area contributed by atoms with E-state index in [1.54, 1.807) is 0 Å². The lowest BCUT2D eigenvalue weighted by atomic mass is 9.33. The first-order chi connectivity index (χ1) is 33.7. The van der Waals surface area contributed by atoms with Gasteiger partial charge in [-0.2, -0.15) is 0 Å². The summed E-state index contributed by atoms with van der Waals surface area (Å²) in [6.07, 6.45) is 4.96. The van der Waals surface area contributed by atoms with Crippen LogP contribution in [0.5, 0.6) is 0 Å². The molecule has 3 heterocycles. The van der Waals surface area contributed by atoms with Gasteiger partial charge < -0.3 is 19.1 Å². The van der Waals surface area contributed by atoms with E-state index in [2.05, 4.69) is 237 Å². The Bertz CT molecular complexity index is 3380. The van der Waals surface area contributed by atoms with Crippen molar-refractivity contribution in [3.05, 3.63) is 193 Å². The van der Waals surface area contributed by atoms with Gasteiger partial charge in [-0.15, -0.1) is 0 Å². The molecule has 0 saturated carbocycles. The Balaban J connectivity index is 0.000000904. The second-order valence-electron chi connectivity index (χ2n) is 23.2. The summed E-state index contributed by atoms with van der Waals surface area (Å²) in [5.74, 6) is 1.12. The number of nitrogens with zero attached hydrogens (tertiary/aromatic N) is 3. The molecular weight excluding hydrogens is 882 g/mol. The molecule has 6 heteroatoms. The van der Waals surface area contributed by atoms with Gasteiger partial charge in [0.1, 0.15) is 11.2 Å². The van der Waals surface area contributed by atoms with Crippen LogP contribution in [0.1, 0.15) is 85.9 Å². The van der Waals surface area contributed by atoms with E-state index in [0.29, 0.717) is 0 Å². The molecule has 0 spiro atoms. The summed E-state index contributed by atoms with van der Waals surface area (Å²) >= 11 is 0. The SMILES string of the molecule is CCS(C)(C)c1cc2c3c(c1)N(c1ccc(C(C)(C)C)cc1)c1ccc(C(C)(C)C)cc1B3c1ccc(N(c3ccc(C(C)(C)C)cc3)c3ccc4oc5ccccc5c4c3)cc1N2C.c1ccccc1. The van der Waals surface area contributed by atoms with Crippen LogP contribution < -0.4 is 31.1 Å². The van der Waals surface area contributed by atoms with E-state index in [0.717, 1.165) is 44.8 Å². The third-order valence-electron chi connectivity index (χ3n) is 15.0. The Morgan fingerprint density at radius 1 is 0.479 bits per heavy atom. The largest absolute Gasteiger partial charge is 0.456 e. The van der Waals surface area contributed by atoms with Crippen LogP contribution in [0.15, 0.2) is 185 Å². The monoisotopic (exact) mass is 952 g/mol. The van der Waals surface area contributed by atoms with E-state index in [1.165, 1.54) is 66.4 Å². The molecule has 2 aliphatic rings. The zero-order valence-corrected chi connectivity index (χ0v) is 45.0. The van der Waals surface area contributed by atoms with Crippen molar-refractivity contribution in [3.8, 4) is 0 Å². The van der Waals surface area contributed by atoms with E-state index in [4.69, 9.17) is 4.42 Å². The van der Waals surface area contributed by atoms with Gasteiger partial charge in [0.25, 0.3) is 6.71 Å². The molecule has 8 aromatic carbocycles. The van der Waals surface area contributed by atoms with Crippen molar-refractivity contribution in [1.82, 2.24) is 0 Å². The van der Waals surface area contributed by atoms with Crippen molar-refractivity contribution < 1.29 is 4.42 Å². The summed E-state index contributed by atoms with van der Waals surface area (Å²) in [6.45, 7) is 23.2. The van der Waals surface area contributed by atoms with Gasteiger partial charge in [0.2, 0.25) is 0 Å². The van der Waals surface area contributed by atoms with Crippen molar-refractivity contribution in [2.75, 3.05) is 40.0 Å². The van der Waals surface area contributed by atoms with Crippen molar-refractivity contribution in [2.24, 2.45) is 0 Å². The summed E-state index contributed by atoms with van der Waals surface area (Å²) in [7, 11) is 1.19. The molecule has 0 radical (unpaired) electrons. The van der Waals surface area contributed by atoms with Gasteiger partial charge in [-0.3, -0.25) is 0 Å². The lowest BCUT2D eigenvalue weighted by molar-refractivity contribution is 0.590. The number of fused-ring (bicyclic) bond motifs is 7. The normalized spacial score (nSPS) is 13.6. The average molecular weight is 952 g/mol. The summed E-state index contributed by atoms with van der Waals surface area (Å²) in [5.41, 5.74) is 19.6. The Labute approximate surface area is 425 Å². The molecule has 360 valence electrons. The third-order valence-corrected chi connectivity index (χ3v) is 18.0. The van der Waals surface area contributed by atoms with Crippen LogP contribution in [0.2, 0.25) is 0 Å². The molecule has 1 aromatic heterocycles. The van der Waals surface area contributed by atoms with Gasteiger partial charge in [0.05, 0.1) is 0 Å². The molecule has 0 N–H and O–H groups in total. The van der Waals surface area contributed by atoms with Crippen LogP contribution >= 0.6 is 10.0 Å². The first-order valence-corrected chi connectivity index (χ1v) is 28.0. The van der Waals surface area contributed by atoms with Crippen LogP contribution in [0.4, 0.5) is 45.5 Å². The van der Waals surface area contributed by atoms with Crippen LogP contribution in [-0.2, 0) is 16.2 Å². The number of rotatable bonds is 6. The number of hydrogen-bond donors (Lipinski definition) is 0. The second-order valence-corrected chi connectivity index (χ2v) is 27.3. The lowest BCUT2D eigenvalue weighted by Crippen LogP contribution is -2.61. The summed E-state index contributed by atoms with van der Waals surface area (Å²) in [5, 5.41) is 2.24. The quantitative estimate of drug-likeness (QED) is 0.155. The van der Waals surface area contributed by atoms with Gasteiger partial charge in [-0.1, -0.05) is 166 Å². The van der Waals surface area contributed by atoms with Gasteiger partial charge in [0.15, 0.2) is 0 Å². The standard InChI is InChI=1S/C59H64BN3OS.C6H6/c1-14-65(12,13)45-36-52-56-53(37-45)63(42-26-21-39(22-27-42)58(5,6)7)50-31-23-40(59(8,9)10)33-49(50)60(56)48-30-28-44(35-51(48)61(52)11)62(41-24-19-38(20-25-41)57(2,3)4)43-29-32-55-47(34-43)46-17-15-16-18-54(46)64-55;1-2-4-6-5-3-1/h15-37H,14H2,1-13H3;1-6H. The highest BCUT2D eigenvalue weighted by Crippen LogP contribution is 2.53. The van der Waals surface area contributed by atoms with Crippen LogP contribution in [0.25, 0.3) is 21.9 Å². The molecule has 0 unspecified atom stereocenters. The fraction of sp³-hybridized carbons (Fsp3) is 0.262. The first-order valence-electron chi connectivity index (χ1n) is 25.4. The zero-order chi connectivity index (χ0) is 50.2. The zero-order valence-electron chi connectivity index (χ0n) is 44.2. The van der Waals surface area contributed by atoms with Gasteiger partial charge in [0, 0.05) is 63.3 Å². The van der Waals surface area contributed by atoms with E-state index in [1.807, 2.05) is 42.5 Å². The molecule has 0 bridgehead atoms. The van der Waals surface area contributed by atoms with Crippen LogP contribution in [-0.4, -0.2) is 32.0 Å². The van der Waals surface area contributed by atoms with Crippen LogP contribution in [0, 0.1) is 0 Å². The van der Waals surface area contributed by atoms with E-state index in [-0.39, 0.29) is 23.0 Å². The third kappa shape index (κ3) is 8.84. The number of anilines is 8. The van der Waals surface area contributed by atoms with Crippen molar-refractivity contribution >= 4 is 101 Å². The predicted molar refractivity (Wildman–Crippen MR) is 313 cm³/mol. The summed E-state index contributed by atoms with van der Waals surface area (Å²) in [6, 6.07) is 65.2. The lowest BCUT2D eigenvalue weighted by Gasteiger charge is -2.45. The minimum Gasteiger partial charge on any atom is -0.456 e. The number of hydrogen-bond acceptors (Lipinski definition) is 4. The highest BCUT2D eigenvalue weighted by molar-refractivity contribution is 8.32. The molecule has 0 amide bonds. The Morgan fingerprint density at radius 2 is 1.01 bits per heavy atom. The average Bonchev–Trinajstić information content (AvgIpc) is 3.73. The molecule has 4 nitrogen and oxygen atoms in total. The molecule has 9 aromatic rings. The smallest absolute Gasteiger partial charge is 0.252 e. The minimum absolute atomic E-state index is 0.0156. The van der Waals surface area contributed by atoms with E-state index >= 15 is 0 Å². The van der Waals surface area contributed by atoms with Crippen molar-refractivity contribution in [2.45, 2.75) is 90.4 Å². The second kappa shape index (κ2) is 17.9. The molecule has 71 heavy (non-hydrogen) atoms. The first kappa shape index (κ1) is 48.0. The molecule has 2 aliphatic heterocycles. The maximum atomic E-state index is 6.34. The maximum absolute atomic E-state index is 6.34. The van der Waals surface area contributed by atoms with Crippen molar-refractivity contribution in [3.63, 3.8) is 0 Å². The van der Waals surface area contributed by atoms with Crippen LogP contribution in [0.3, 0.4) is 0 Å². The fourth-order valence-corrected chi connectivity index (χ4v) is 11.6. The topological polar surface area (TPSA) is 22.9 Å². The highest BCUT2D eigenvalue weighted by atomic mass is 32.3. The van der Waals surface area contributed by atoms with E-state index in [9.17, 15) is 0 Å². The minimum atomic E-state index is -1.10. The van der Waals surface area contributed by atoms with Gasteiger partial charge >= 0.3 is 0 Å². The Morgan fingerprint density at radius 3 is 1.63 bits per heavy atom. The Hall–Kier alpha value is -6.63. The Kier molecular flexibility index (Phi) is 12.1. The molecular formula is C65H70BN3OS. The van der Waals surface area contributed by atoms with E-state index < -0.39 is 10.0 Å². The number of para-hydroxylation sites is 1. The fourth-order valence-electron chi connectivity index (χ4n) is 10.4. The van der Waals surface area contributed by atoms with Crippen molar-refractivity contribution in [1.29, 1.82) is 0 Å². The number of benzene rings is 8. The molecule has 0 aliphatic carbocycles.